The zero-order valence-electron chi connectivity index (χ0n) is 54.6. The number of likely N-dealkylation sites (N-methyl/N-ethyl adjacent to an activating group) is 1. The molecule has 15 nitrogen and oxygen atoms in total. The lowest BCUT2D eigenvalue weighted by Crippen LogP contribution is -2.53. The lowest BCUT2D eigenvalue weighted by molar-refractivity contribution is 0.139. The number of halogens is 1. The summed E-state index contributed by atoms with van der Waals surface area (Å²) in [7, 11) is 0. The number of nitrogens with zero attached hydrogens (tertiary/aromatic N) is 9. The highest BCUT2D eigenvalue weighted by Crippen LogP contribution is 2.27. The molecule has 9 aromatic rings. The Hall–Kier alpha value is -8.35. The second-order valence-electron chi connectivity index (χ2n) is 25.2. The van der Waals surface area contributed by atoms with Crippen molar-refractivity contribution in [2.75, 3.05) is 52.4 Å². The number of hydrogen-bond acceptors (Lipinski definition) is 15. The van der Waals surface area contributed by atoms with E-state index in [2.05, 4.69) is 127 Å². The number of hydrogen-bond donors (Lipinski definition) is 6. The summed E-state index contributed by atoms with van der Waals surface area (Å²) in [5.41, 5.74) is 12.8. The highest BCUT2D eigenvalue weighted by molar-refractivity contribution is 5.62. The van der Waals surface area contributed by atoms with Gasteiger partial charge in [-0.3, -0.25) is 14.7 Å². The summed E-state index contributed by atoms with van der Waals surface area (Å²) in [6.45, 7) is 20.1. The van der Waals surface area contributed by atoms with E-state index in [-0.39, 0.29) is 11.6 Å². The van der Waals surface area contributed by atoms with Gasteiger partial charge in [-0.2, -0.15) is 0 Å². The maximum Gasteiger partial charge on any atom is 0.132 e. The van der Waals surface area contributed by atoms with Crippen LogP contribution in [0.15, 0.2) is 176 Å². The Labute approximate surface area is 549 Å². The smallest absolute Gasteiger partial charge is 0.132 e. The number of phenols is 3. The standard InChI is InChI=1S/2C26H32N4O.C25H29FN4O/c1-19-17-30(20(2)16-28-19)18-22-6-3-7-23(15-22)25-13-14-27-26(29-25)8-4-5-21-9-11-24(31)12-10-21;1-2-30(23-13-15-27-18-23)19-21-6-3-7-22(17-21)25-14-16-28-26(29-25)8-4-5-20-9-11-24(31)12-10-20;1-18-16-27-13-14-30(18)17-20-7-10-23(26)22(15-20)24-11-12-28-25(29-24)4-2-3-19-5-8-21(31)9-6-19/h3,6-7,9-15,19-20,28,31H,4-5,8,16-18H2,1-2H3;3,6-7,9-12,14,16-17,23,27,31H,2,4-5,8,13,15,18-19H2,1H3;5-12,15,18,27,31H,2-4,13-14,16-17H2,1H3/t19-,20-;;18-/m0.0/s1. The minimum absolute atomic E-state index is 0.258. The van der Waals surface area contributed by atoms with E-state index in [1.807, 2.05) is 73.1 Å². The molecule has 3 aliphatic heterocycles. The first kappa shape index (κ1) is 67.5. The third kappa shape index (κ3) is 20.8. The molecule has 16 heteroatoms. The molecular weight excluding hydrogens is 1160 g/mol. The Kier molecular flexibility index (Phi) is 25.1. The van der Waals surface area contributed by atoms with Gasteiger partial charge in [0.25, 0.3) is 0 Å². The van der Waals surface area contributed by atoms with E-state index < -0.39 is 0 Å². The lowest BCUT2D eigenvalue weighted by atomic mass is 10.0. The van der Waals surface area contributed by atoms with Gasteiger partial charge in [-0.25, -0.2) is 34.3 Å². The van der Waals surface area contributed by atoms with E-state index in [1.165, 1.54) is 28.7 Å². The van der Waals surface area contributed by atoms with Crippen molar-refractivity contribution in [3.63, 3.8) is 0 Å². The van der Waals surface area contributed by atoms with Crippen molar-refractivity contribution in [1.82, 2.24) is 60.6 Å². The Balaban J connectivity index is 0.000000153. The summed E-state index contributed by atoms with van der Waals surface area (Å²) in [5.74, 6) is 3.12. The van der Waals surface area contributed by atoms with Crippen LogP contribution in [0.25, 0.3) is 33.8 Å². The number of benzene rings is 6. The Morgan fingerprint density at radius 3 is 1.49 bits per heavy atom. The monoisotopic (exact) mass is 1250 g/mol. The molecule has 3 saturated heterocycles. The SMILES string of the molecule is CCN(Cc1cccc(-c2ccnc(CCCc3ccc(O)cc3)n2)c1)C1CCNC1.C[C@H]1CN(Cc2cccc(-c3ccnc(CCCc4ccc(O)cc4)n3)c2)[C@@H](C)CN1.C[C@H]1CNCCN1Cc1ccc(F)c(-c2ccnc(CCCc3ccc(O)cc3)n2)c1. The van der Waals surface area contributed by atoms with Crippen LogP contribution in [0.4, 0.5) is 4.39 Å². The van der Waals surface area contributed by atoms with Crippen molar-refractivity contribution in [3.8, 4) is 51.0 Å². The average Bonchev–Trinajstić information content (AvgIpc) is 2.15. The van der Waals surface area contributed by atoms with Gasteiger partial charge < -0.3 is 31.3 Å². The number of aryl methyl sites for hydroxylation is 6. The minimum Gasteiger partial charge on any atom is -0.508 e. The molecule has 6 aromatic carbocycles. The molecule has 0 aliphatic carbocycles. The molecule has 0 radical (unpaired) electrons. The topological polar surface area (TPSA) is 184 Å². The molecule has 0 bridgehead atoms. The number of aromatic nitrogens is 6. The third-order valence-corrected chi connectivity index (χ3v) is 17.9. The largest absolute Gasteiger partial charge is 0.508 e. The molecule has 0 saturated carbocycles. The van der Waals surface area contributed by atoms with Crippen molar-refractivity contribution < 1.29 is 19.7 Å². The van der Waals surface area contributed by atoms with Gasteiger partial charge in [0.05, 0.1) is 17.1 Å². The molecule has 12 rings (SSSR count). The summed E-state index contributed by atoms with van der Waals surface area (Å²) in [4.78, 5) is 35.2. The minimum atomic E-state index is -0.258. The Morgan fingerprint density at radius 2 is 0.968 bits per heavy atom. The fourth-order valence-corrected chi connectivity index (χ4v) is 12.5. The predicted octanol–water partition coefficient (Wildman–Crippen LogP) is 12.4. The second-order valence-corrected chi connectivity index (χ2v) is 25.2. The van der Waals surface area contributed by atoms with Crippen LogP contribution in [0.2, 0.25) is 0 Å². The van der Waals surface area contributed by atoms with E-state index in [4.69, 9.17) is 9.97 Å². The molecule has 3 fully saturated rings. The predicted molar refractivity (Wildman–Crippen MR) is 370 cm³/mol. The summed E-state index contributed by atoms with van der Waals surface area (Å²) in [5, 5.41) is 38.6. The number of piperazine rings is 2. The molecular formula is C77H93FN12O3. The van der Waals surface area contributed by atoms with Gasteiger partial charge in [-0.15, -0.1) is 0 Å². The van der Waals surface area contributed by atoms with Gasteiger partial charge >= 0.3 is 0 Å². The number of rotatable bonds is 23. The van der Waals surface area contributed by atoms with Crippen molar-refractivity contribution in [1.29, 1.82) is 0 Å². The molecule has 3 aliphatic rings. The Bertz CT molecular complexity index is 3600. The summed E-state index contributed by atoms with van der Waals surface area (Å²) in [6, 6.07) is 52.9. The van der Waals surface area contributed by atoms with Crippen LogP contribution in [0.3, 0.4) is 0 Å². The van der Waals surface area contributed by atoms with Crippen LogP contribution >= 0.6 is 0 Å². The maximum atomic E-state index is 14.6. The molecule has 0 amide bonds. The van der Waals surface area contributed by atoms with Crippen LogP contribution in [-0.4, -0.2) is 136 Å². The first-order valence-electron chi connectivity index (χ1n) is 33.5. The van der Waals surface area contributed by atoms with Gasteiger partial charge in [0.2, 0.25) is 0 Å². The van der Waals surface area contributed by atoms with Crippen LogP contribution in [0, 0.1) is 5.82 Å². The highest BCUT2D eigenvalue weighted by atomic mass is 19.1. The van der Waals surface area contributed by atoms with Gasteiger partial charge in [0, 0.05) is 138 Å². The molecule has 4 atom stereocenters. The van der Waals surface area contributed by atoms with E-state index in [9.17, 15) is 19.7 Å². The molecule has 93 heavy (non-hydrogen) atoms. The van der Waals surface area contributed by atoms with Gasteiger partial charge in [0.1, 0.15) is 40.5 Å². The van der Waals surface area contributed by atoms with Crippen molar-refractivity contribution in [2.24, 2.45) is 0 Å². The van der Waals surface area contributed by atoms with Crippen molar-refractivity contribution >= 4 is 0 Å². The van der Waals surface area contributed by atoms with Crippen LogP contribution in [-0.2, 0) is 58.2 Å². The zero-order chi connectivity index (χ0) is 64.7. The first-order valence-corrected chi connectivity index (χ1v) is 33.5. The fourth-order valence-electron chi connectivity index (χ4n) is 12.5. The molecule has 6 heterocycles. The molecule has 6 N–H and O–H groups in total. The van der Waals surface area contributed by atoms with E-state index in [0.29, 0.717) is 53.3 Å². The molecule has 486 valence electrons. The van der Waals surface area contributed by atoms with Gasteiger partial charge in [-0.05, 0) is 191 Å². The molecule has 3 aromatic heterocycles. The quantitative estimate of drug-likeness (QED) is 0.0355. The summed E-state index contributed by atoms with van der Waals surface area (Å²) in [6.07, 6.45) is 14.7. The lowest BCUT2D eigenvalue weighted by Gasteiger charge is -2.37. The van der Waals surface area contributed by atoms with E-state index in [1.54, 1.807) is 54.7 Å². The van der Waals surface area contributed by atoms with Crippen LogP contribution in [0.5, 0.6) is 17.2 Å². The number of nitrogens with one attached hydrogen (secondary N) is 3. The number of phenolic OH excluding ortho intramolecular Hbond substituents is 3. The average molecular weight is 1250 g/mol. The van der Waals surface area contributed by atoms with Gasteiger partial charge in [0.15, 0.2) is 0 Å². The summed E-state index contributed by atoms with van der Waals surface area (Å²) < 4.78 is 14.6. The van der Waals surface area contributed by atoms with E-state index in [0.717, 1.165) is 174 Å². The van der Waals surface area contributed by atoms with Crippen molar-refractivity contribution in [2.45, 2.75) is 136 Å². The van der Waals surface area contributed by atoms with Crippen LogP contribution < -0.4 is 16.0 Å². The molecule has 0 spiro atoms. The van der Waals surface area contributed by atoms with Crippen LogP contribution in [0.1, 0.15) is 104 Å². The molecule has 1 unspecified atom stereocenters. The number of aromatic hydroxyl groups is 3. The highest BCUT2D eigenvalue weighted by Gasteiger charge is 2.24. The normalized spacial score (nSPS) is 17.5. The fraction of sp³-hybridized carbons (Fsp3) is 0.377. The third-order valence-electron chi connectivity index (χ3n) is 17.9. The Morgan fingerprint density at radius 1 is 0.495 bits per heavy atom. The maximum absolute atomic E-state index is 14.6. The van der Waals surface area contributed by atoms with E-state index >= 15 is 0 Å². The second kappa shape index (κ2) is 34.5. The first-order chi connectivity index (χ1) is 45.4. The zero-order valence-corrected chi connectivity index (χ0v) is 54.6. The van der Waals surface area contributed by atoms with Gasteiger partial charge in [-0.1, -0.05) is 85.8 Å². The van der Waals surface area contributed by atoms with Crippen molar-refractivity contribution in [3.05, 3.63) is 233 Å². The summed E-state index contributed by atoms with van der Waals surface area (Å²) >= 11 is 0.